The highest BCUT2D eigenvalue weighted by Gasteiger charge is 2.70. The first-order valence-corrected chi connectivity index (χ1v) is 14.8. The molecule has 2 aromatic heterocycles. The summed E-state index contributed by atoms with van der Waals surface area (Å²) in [5.74, 6) is 2.17. The van der Waals surface area contributed by atoms with Crippen molar-refractivity contribution in [3.8, 4) is 11.5 Å². The first kappa shape index (κ1) is 27.6. The summed E-state index contributed by atoms with van der Waals surface area (Å²) in [5.41, 5.74) is 3.45. The van der Waals surface area contributed by atoms with E-state index in [2.05, 4.69) is 45.5 Å². The summed E-state index contributed by atoms with van der Waals surface area (Å²) < 4.78 is 16.5. The zero-order valence-electron chi connectivity index (χ0n) is 23.8. The van der Waals surface area contributed by atoms with Crippen molar-refractivity contribution in [3.63, 3.8) is 0 Å². The van der Waals surface area contributed by atoms with Crippen molar-refractivity contribution in [2.24, 2.45) is 5.41 Å². The van der Waals surface area contributed by atoms with Crippen molar-refractivity contribution in [2.75, 3.05) is 56.3 Å². The number of pyridine rings is 1. The fraction of sp³-hybridized carbons (Fsp3) is 0.500. The summed E-state index contributed by atoms with van der Waals surface area (Å²) in [6, 6.07) is 16.6. The van der Waals surface area contributed by atoms with Gasteiger partial charge >= 0.3 is 5.97 Å². The topological polar surface area (TPSA) is 98.7 Å². The Morgan fingerprint density at radius 1 is 0.951 bits per heavy atom. The number of benzene rings is 1. The second kappa shape index (κ2) is 12.1. The third-order valence-corrected chi connectivity index (χ3v) is 8.44. The van der Waals surface area contributed by atoms with Gasteiger partial charge in [0.1, 0.15) is 22.9 Å². The molecule has 9 nitrogen and oxygen atoms in total. The normalized spacial score (nSPS) is 22.6. The van der Waals surface area contributed by atoms with E-state index in [4.69, 9.17) is 24.2 Å². The molecule has 1 N–H and O–H groups in total. The van der Waals surface area contributed by atoms with E-state index >= 15 is 0 Å². The SMILES string of the molecule is CCOCCOCCC(=O)OC12CC(CNc3cc(N4CCc5ccccc5CC4)nc(-c4ccccn4)n3)(C1)C2. The van der Waals surface area contributed by atoms with Gasteiger partial charge in [0.25, 0.3) is 0 Å². The van der Waals surface area contributed by atoms with Crippen LogP contribution in [0.4, 0.5) is 11.6 Å². The van der Waals surface area contributed by atoms with E-state index in [9.17, 15) is 4.79 Å². The van der Waals surface area contributed by atoms with Gasteiger partial charge in [-0.3, -0.25) is 9.78 Å². The van der Waals surface area contributed by atoms with Crippen LogP contribution in [0, 0.1) is 5.41 Å². The highest BCUT2D eigenvalue weighted by Crippen LogP contribution is 2.69. The Labute approximate surface area is 241 Å². The number of carbonyl (C=O) groups excluding carboxylic acids is 1. The highest BCUT2D eigenvalue weighted by molar-refractivity contribution is 5.70. The predicted octanol–water partition coefficient (Wildman–Crippen LogP) is 4.46. The van der Waals surface area contributed by atoms with Gasteiger partial charge in [0.2, 0.25) is 0 Å². The largest absolute Gasteiger partial charge is 0.459 e. The molecule has 216 valence electrons. The zero-order chi connectivity index (χ0) is 28.1. The lowest BCUT2D eigenvalue weighted by Crippen LogP contribution is -2.71. The Kier molecular flexibility index (Phi) is 8.16. The van der Waals surface area contributed by atoms with Crippen LogP contribution in [0.5, 0.6) is 0 Å². The zero-order valence-corrected chi connectivity index (χ0v) is 23.8. The molecule has 0 spiro atoms. The molecular formula is C32H39N5O4. The van der Waals surface area contributed by atoms with Crippen molar-refractivity contribution >= 4 is 17.6 Å². The minimum Gasteiger partial charge on any atom is -0.459 e. The van der Waals surface area contributed by atoms with Gasteiger partial charge in [-0.15, -0.1) is 0 Å². The molecule has 3 fully saturated rings. The number of aromatic nitrogens is 3. The fourth-order valence-electron chi connectivity index (χ4n) is 6.47. The monoisotopic (exact) mass is 557 g/mol. The fourth-order valence-corrected chi connectivity index (χ4v) is 6.47. The van der Waals surface area contributed by atoms with Crippen LogP contribution in [0.25, 0.3) is 11.5 Å². The number of carbonyl (C=O) groups is 1. The van der Waals surface area contributed by atoms with E-state index in [0.29, 0.717) is 32.3 Å². The lowest BCUT2D eigenvalue weighted by molar-refractivity contribution is -0.268. The van der Waals surface area contributed by atoms with E-state index in [-0.39, 0.29) is 23.4 Å². The molecule has 0 saturated heterocycles. The molecule has 0 unspecified atom stereocenters. The van der Waals surface area contributed by atoms with Crippen molar-refractivity contribution < 1.29 is 19.0 Å². The molecule has 7 rings (SSSR count). The Hall–Kier alpha value is -3.56. The van der Waals surface area contributed by atoms with Gasteiger partial charge in [0, 0.05) is 38.5 Å². The number of hydrogen-bond donors (Lipinski definition) is 1. The van der Waals surface area contributed by atoms with Gasteiger partial charge in [0.05, 0.1) is 26.2 Å². The van der Waals surface area contributed by atoms with Crippen LogP contribution >= 0.6 is 0 Å². The van der Waals surface area contributed by atoms with Crippen LogP contribution in [0.3, 0.4) is 0 Å². The molecule has 3 saturated carbocycles. The van der Waals surface area contributed by atoms with E-state index in [1.807, 2.05) is 25.1 Å². The number of ether oxygens (including phenoxy) is 3. The average molecular weight is 558 g/mol. The third-order valence-electron chi connectivity index (χ3n) is 8.44. The van der Waals surface area contributed by atoms with Crippen LogP contribution in [-0.4, -0.2) is 72.6 Å². The summed E-state index contributed by atoms with van der Waals surface area (Å²) in [6.07, 6.45) is 6.70. The maximum Gasteiger partial charge on any atom is 0.308 e. The molecule has 0 radical (unpaired) electrons. The third kappa shape index (κ3) is 6.36. The van der Waals surface area contributed by atoms with Crippen LogP contribution in [0.2, 0.25) is 0 Å². The summed E-state index contributed by atoms with van der Waals surface area (Å²) in [6.45, 7) is 6.64. The summed E-state index contributed by atoms with van der Waals surface area (Å²) in [7, 11) is 0. The van der Waals surface area contributed by atoms with E-state index in [1.54, 1.807) is 6.20 Å². The predicted molar refractivity (Wildman–Crippen MR) is 157 cm³/mol. The van der Waals surface area contributed by atoms with E-state index in [0.717, 1.165) is 69.1 Å². The molecule has 2 bridgehead atoms. The number of rotatable bonds is 13. The van der Waals surface area contributed by atoms with E-state index < -0.39 is 0 Å². The molecule has 4 aliphatic rings. The summed E-state index contributed by atoms with van der Waals surface area (Å²) >= 11 is 0. The van der Waals surface area contributed by atoms with Gasteiger partial charge in [-0.05, 0) is 67.7 Å². The second-order valence-electron chi connectivity index (χ2n) is 11.5. The number of esters is 1. The molecule has 41 heavy (non-hydrogen) atoms. The van der Waals surface area contributed by atoms with Gasteiger partial charge in [-0.1, -0.05) is 30.3 Å². The van der Waals surface area contributed by atoms with Gasteiger partial charge < -0.3 is 24.4 Å². The lowest BCUT2D eigenvalue weighted by Gasteiger charge is -2.69. The van der Waals surface area contributed by atoms with E-state index in [1.165, 1.54) is 11.1 Å². The van der Waals surface area contributed by atoms with Crippen LogP contribution in [-0.2, 0) is 31.8 Å². The van der Waals surface area contributed by atoms with Gasteiger partial charge in [-0.2, -0.15) is 0 Å². The molecule has 0 atom stereocenters. The lowest BCUT2D eigenvalue weighted by atomic mass is 9.41. The molecule has 0 amide bonds. The molecule has 1 aromatic carbocycles. The quantitative estimate of drug-likeness (QED) is 0.241. The van der Waals surface area contributed by atoms with Crippen molar-refractivity contribution in [2.45, 2.75) is 51.0 Å². The van der Waals surface area contributed by atoms with Crippen LogP contribution < -0.4 is 10.2 Å². The molecular weight excluding hydrogens is 518 g/mol. The molecule has 3 aliphatic carbocycles. The number of nitrogens with zero attached hydrogens (tertiary/aromatic N) is 4. The Morgan fingerprint density at radius 2 is 1.68 bits per heavy atom. The van der Waals surface area contributed by atoms with Crippen molar-refractivity contribution in [1.82, 2.24) is 15.0 Å². The van der Waals surface area contributed by atoms with Crippen LogP contribution in [0.1, 0.15) is 43.7 Å². The first-order chi connectivity index (χ1) is 20.1. The summed E-state index contributed by atoms with van der Waals surface area (Å²) in [5, 5.41) is 3.60. The standard InChI is InChI=1S/C32H39N5O4/c1-2-39-17-18-40-16-12-29(38)41-32-20-31(21-32,22-32)23-34-27-19-28(36-30(35-27)26-9-5-6-13-33-26)37-14-10-24-7-3-4-8-25(24)11-15-37/h3-9,13,19H,2,10-12,14-18,20-23H2,1H3,(H,34,35,36). The van der Waals surface area contributed by atoms with Gasteiger partial charge in [-0.25, -0.2) is 9.97 Å². The number of anilines is 2. The van der Waals surface area contributed by atoms with Crippen molar-refractivity contribution in [3.05, 3.63) is 65.9 Å². The maximum atomic E-state index is 12.3. The number of fused-ring (bicyclic) bond motifs is 1. The Bertz CT molecular complexity index is 1300. The smallest absolute Gasteiger partial charge is 0.308 e. The average Bonchev–Trinajstić information content (AvgIpc) is 3.19. The highest BCUT2D eigenvalue weighted by atomic mass is 16.6. The minimum absolute atomic E-state index is 0.148. The van der Waals surface area contributed by atoms with Crippen LogP contribution in [0.15, 0.2) is 54.7 Å². The second-order valence-corrected chi connectivity index (χ2v) is 11.5. The molecule has 1 aliphatic heterocycles. The summed E-state index contributed by atoms with van der Waals surface area (Å²) in [4.78, 5) is 29.0. The number of hydrogen-bond acceptors (Lipinski definition) is 9. The Morgan fingerprint density at radius 3 is 2.39 bits per heavy atom. The van der Waals surface area contributed by atoms with Gasteiger partial charge in [0.15, 0.2) is 5.82 Å². The number of nitrogens with one attached hydrogen (secondary N) is 1. The Balaban J connectivity index is 1.06. The van der Waals surface area contributed by atoms with Crippen molar-refractivity contribution in [1.29, 1.82) is 0 Å². The maximum absolute atomic E-state index is 12.3. The first-order valence-electron chi connectivity index (χ1n) is 14.8. The molecule has 3 heterocycles. The molecule has 9 heteroatoms. The molecule has 3 aromatic rings. The minimum atomic E-state index is -0.291.